The van der Waals surface area contributed by atoms with E-state index in [4.69, 9.17) is 28.3 Å². The molecule has 4 aliphatic rings. The molecule has 1 saturated carbocycles. The molecule has 18 heteroatoms. The fraction of sp³-hybridized carbons (Fsp3) is 0.317. The number of para-hydroxylation sites is 1. The average molecular weight is 868 g/mol. The van der Waals surface area contributed by atoms with E-state index in [1.54, 1.807) is 32.2 Å². The number of amides is 4. The predicted molar refractivity (Wildman–Crippen MR) is 211 cm³/mol. The number of hydrazine groups is 1. The summed E-state index contributed by atoms with van der Waals surface area (Å²) < 4.78 is 58.6. The van der Waals surface area contributed by atoms with Crippen molar-refractivity contribution in [2.24, 2.45) is 36.1 Å². The number of halogens is 6. The van der Waals surface area contributed by atoms with E-state index >= 15 is 9.18 Å². The number of imide groups is 2. The summed E-state index contributed by atoms with van der Waals surface area (Å²) in [6.07, 6.45) is -3.26. The highest BCUT2D eigenvalue weighted by atomic mass is 35.5. The van der Waals surface area contributed by atoms with Crippen LogP contribution in [0.3, 0.4) is 0 Å². The smallest absolute Gasteiger partial charge is 0.433 e. The van der Waals surface area contributed by atoms with Gasteiger partial charge in [-0.05, 0) is 80.0 Å². The molecular weight excluding hydrogens is 835 g/mol. The number of aromatic hydroxyl groups is 1. The van der Waals surface area contributed by atoms with E-state index < -0.39 is 87.9 Å². The van der Waals surface area contributed by atoms with Crippen LogP contribution < -0.4 is 9.91 Å². The largest absolute Gasteiger partial charge is 0.505 e. The minimum atomic E-state index is -4.85. The number of fused-ring (bicyclic) bond motifs is 5. The first-order valence-electron chi connectivity index (χ1n) is 18.5. The lowest BCUT2D eigenvalue weighted by atomic mass is 9.51. The minimum Gasteiger partial charge on any atom is -0.505 e. The Morgan fingerprint density at radius 2 is 1.75 bits per heavy atom. The molecule has 0 spiro atoms. The monoisotopic (exact) mass is 866 g/mol. The number of hydrogen-bond acceptors (Lipinski definition) is 9. The van der Waals surface area contributed by atoms with Crippen LogP contribution in [-0.2, 0) is 32.4 Å². The lowest BCUT2D eigenvalue weighted by molar-refractivity contribution is -0.141. The maximum Gasteiger partial charge on any atom is 0.433 e. The summed E-state index contributed by atoms with van der Waals surface area (Å²) >= 11 is 14.0. The molecule has 0 radical (unpaired) electrons. The zero-order chi connectivity index (χ0) is 42.2. The molecule has 3 fully saturated rings. The van der Waals surface area contributed by atoms with Gasteiger partial charge in [0, 0.05) is 41.4 Å². The Morgan fingerprint density at radius 1 is 1.00 bits per heavy atom. The van der Waals surface area contributed by atoms with Gasteiger partial charge in [0.2, 0.25) is 11.8 Å². The topological polar surface area (TPSA) is 129 Å². The normalized spacial score (nSPS) is 25.5. The van der Waals surface area contributed by atoms with Gasteiger partial charge in [0.05, 0.1) is 33.1 Å². The standard InChI is InChI=1S/C41H32Cl2F4N6O5S/c1-17-22-14-18(42)8-12-28(22)59-34(17)27-16-30(50(3)49-27)52-37(56)24-15-23-19(32(40(24,2)39(52)58)21-6-5-7-26(44)33(21)54)9-10-20-31(23)38(57)53(36(20)55)51(4)35-25(43)11-13-29(48-35)41(45,46)47/h5-9,11-14,16,20,23-24,31-32,54H,10,15H2,1-4H3. The molecule has 9 rings (SSSR count). The fourth-order valence-corrected chi connectivity index (χ4v) is 11.3. The number of phenols is 1. The number of aromatic nitrogens is 3. The zero-order valence-electron chi connectivity index (χ0n) is 31.5. The van der Waals surface area contributed by atoms with Gasteiger partial charge in [0.15, 0.2) is 17.4 Å². The lowest BCUT2D eigenvalue weighted by Gasteiger charge is -2.49. The molecule has 6 atom stereocenters. The first kappa shape index (κ1) is 39.2. The predicted octanol–water partition coefficient (Wildman–Crippen LogP) is 8.46. The highest BCUT2D eigenvalue weighted by Gasteiger charge is 2.68. The van der Waals surface area contributed by atoms with E-state index in [1.165, 1.54) is 35.2 Å². The molecule has 3 aromatic heterocycles. The van der Waals surface area contributed by atoms with Gasteiger partial charge in [0.25, 0.3) is 11.8 Å². The number of aryl methyl sites for hydroxylation is 2. The van der Waals surface area contributed by atoms with Crippen LogP contribution >= 0.6 is 34.5 Å². The number of benzene rings is 2. The number of carbonyl (C=O) groups excluding carboxylic acids is 4. The van der Waals surface area contributed by atoms with Crippen molar-refractivity contribution in [3.05, 3.63) is 98.9 Å². The first-order valence-corrected chi connectivity index (χ1v) is 20.1. The second-order valence-corrected chi connectivity index (χ2v) is 17.5. The van der Waals surface area contributed by atoms with Crippen molar-refractivity contribution in [2.75, 3.05) is 17.0 Å². The molecule has 4 amide bonds. The highest BCUT2D eigenvalue weighted by molar-refractivity contribution is 7.22. The molecular formula is C41H32Cl2F4N6O5S. The Morgan fingerprint density at radius 3 is 2.47 bits per heavy atom. The van der Waals surface area contributed by atoms with Crippen LogP contribution in [-0.4, -0.2) is 55.6 Å². The van der Waals surface area contributed by atoms with Crippen LogP contribution in [0.5, 0.6) is 5.75 Å². The van der Waals surface area contributed by atoms with Crippen LogP contribution in [0.15, 0.2) is 66.2 Å². The summed E-state index contributed by atoms with van der Waals surface area (Å²) in [5, 5.41) is 18.8. The summed E-state index contributed by atoms with van der Waals surface area (Å²) in [4.78, 5) is 64.0. The number of anilines is 2. The van der Waals surface area contributed by atoms with Gasteiger partial charge in [-0.1, -0.05) is 47.0 Å². The zero-order valence-corrected chi connectivity index (χ0v) is 33.8. The molecule has 304 valence electrons. The average Bonchev–Trinajstić information content (AvgIpc) is 3.85. The molecule has 2 aliphatic heterocycles. The summed E-state index contributed by atoms with van der Waals surface area (Å²) in [5.41, 5.74) is -1.02. The SMILES string of the molecule is Cc1c(-c2cc(N3C(=O)C4CC5C(=CCC6C(=O)N(N(C)c7nc(C(F)(F)F)ccc7Cl)C(=O)C65)C(c5cccc(F)c5O)C4(C)C3=O)n(C)n2)sc2ccc(Cl)cc12. The van der Waals surface area contributed by atoms with E-state index in [2.05, 4.69) is 4.98 Å². The second kappa shape index (κ2) is 13.3. The number of nitrogens with zero attached hydrogens (tertiary/aromatic N) is 6. The van der Waals surface area contributed by atoms with Crippen molar-refractivity contribution >= 4 is 79.9 Å². The third kappa shape index (κ3) is 5.58. The summed E-state index contributed by atoms with van der Waals surface area (Å²) in [6, 6.07) is 12.7. The summed E-state index contributed by atoms with van der Waals surface area (Å²) in [5.74, 6) is -10.0. The van der Waals surface area contributed by atoms with Crippen LogP contribution in [0.25, 0.3) is 20.7 Å². The van der Waals surface area contributed by atoms with E-state index in [0.717, 1.165) is 47.6 Å². The van der Waals surface area contributed by atoms with Gasteiger partial charge >= 0.3 is 6.18 Å². The number of carbonyl (C=O) groups is 4. The van der Waals surface area contributed by atoms with Gasteiger partial charge in [-0.15, -0.1) is 11.3 Å². The number of alkyl halides is 3. The van der Waals surface area contributed by atoms with Gasteiger partial charge in [-0.25, -0.2) is 14.3 Å². The quantitative estimate of drug-likeness (QED) is 0.106. The Hall–Kier alpha value is -5.32. The Labute approximate surface area is 347 Å². The van der Waals surface area contributed by atoms with Crippen molar-refractivity contribution in [1.82, 2.24) is 19.8 Å². The van der Waals surface area contributed by atoms with Gasteiger partial charge < -0.3 is 5.11 Å². The molecule has 2 aliphatic carbocycles. The molecule has 59 heavy (non-hydrogen) atoms. The van der Waals surface area contributed by atoms with Crippen molar-refractivity contribution in [1.29, 1.82) is 0 Å². The molecule has 5 heterocycles. The fourth-order valence-electron chi connectivity index (χ4n) is 9.75. The number of hydrogen-bond donors (Lipinski definition) is 1. The van der Waals surface area contributed by atoms with E-state index in [-0.39, 0.29) is 29.2 Å². The number of rotatable bonds is 5. The maximum atomic E-state index is 15.2. The van der Waals surface area contributed by atoms with Gasteiger partial charge in [-0.3, -0.25) is 28.9 Å². The molecule has 6 unspecified atom stereocenters. The molecule has 2 saturated heterocycles. The third-order valence-corrected chi connectivity index (χ3v) is 14.3. The van der Waals surface area contributed by atoms with E-state index in [1.807, 2.05) is 19.1 Å². The van der Waals surface area contributed by atoms with Gasteiger partial charge in [-0.2, -0.15) is 23.3 Å². The van der Waals surface area contributed by atoms with E-state index in [9.17, 15) is 32.7 Å². The van der Waals surface area contributed by atoms with Crippen LogP contribution in [0, 0.1) is 41.8 Å². The third-order valence-electron chi connectivity index (χ3n) is 12.5. The van der Waals surface area contributed by atoms with Crippen LogP contribution in [0.4, 0.5) is 29.2 Å². The molecule has 0 bridgehead atoms. The second-order valence-electron chi connectivity index (χ2n) is 15.6. The molecule has 1 N–H and O–H groups in total. The highest BCUT2D eigenvalue weighted by Crippen LogP contribution is 2.64. The lowest BCUT2D eigenvalue weighted by Crippen LogP contribution is -2.49. The molecule has 11 nitrogen and oxygen atoms in total. The Bertz CT molecular complexity index is 2740. The van der Waals surface area contributed by atoms with Crippen molar-refractivity contribution < 1.29 is 41.8 Å². The Kier molecular flexibility index (Phi) is 8.86. The summed E-state index contributed by atoms with van der Waals surface area (Å²) in [6.45, 7) is 3.52. The van der Waals surface area contributed by atoms with Crippen molar-refractivity contribution in [2.45, 2.75) is 38.8 Å². The number of pyridine rings is 1. The molecule has 5 aromatic rings. The maximum absolute atomic E-state index is 15.2. The Balaban J connectivity index is 1.13. The summed E-state index contributed by atoms with van der Waals surface area (Å²) in [7, 11) is 2.81. The van der Waals surface area contributed by atoms with Crippen molar-refractivity contribution in [3.63, 3.8) is 0 Å². The van der Waals surface area contributed by atoms with E-state index in [0.29, 0.717) is 22.4 Å². The van der Waals surface area contributed by atoms with Crippen LogP contribution in [0.1, 0.15) is 42.5 Å². The molecule has 2 aromatic carbocycles. The number of thiophene rings is 1. The van der Waals surface area contributed by atoms with Gasteiger partial charge in [0.1, 0.15) is 17.2 Å². The first-order chi connectivity index (χ1) is 27.8. The number of allylic oxidation sites excluding steroid dienone is 2. The minimum absolute atomic E-state index is 0.0193. The number of phenolic OH excluding ortho intramolecular Hbond substituents is 1. The van der Waals surface area contributed by atoms with Crippen LogP contribution in [0.2, 0.25) is 10.0 Å². The van der Waals surface area contributed by atoms with Crippen molar-refractivity contribution in [3.8, 4) is 16.3 Å².